The van der Waals surface area contributed by atoms with Gasteiger partial charge in [-0.15, -0.1) is 0 Å². The Kier molecular flexibility index (Phi) is 6.50. The molecule has 1 aliphatic heterocycles. The van der Waals surface area contributed by atoms with Gasteiger partial charge in [-0.3, -0.25) is 4.79 Å². The van der Waals surface area contributed by atoms with Gasteiger partial charge in [-0.05, 0) is 24.1 Å². The van der Waals surface area contributed by atoms with E-state index in [1.54, 1.807) is 17.0 Å². The van der Waals surface area contributed by atoms with E-state index < -0.39 is 5.97 Å². The van der Waals surface area contributed by atoms with Crippen molar-refractivity contribution in [2.75, 3.05) is 26.2 Å². The van der Waals surface area contributed by atoms with Gasteiger partial charge in [-0.25, -0.2) is 4.79 Å². The van der Waals surface area contributed by atoms with Gasteiger partial charge in [0.1, 0.15) is 6.10 Å². The number of carboxylic acid groups (broad SMARTS) is 1. The van der Waals surface area contributed by atoms with Crippen molar-refractivity contribution < 1.29 is 19.4 Å². The number of benzene rings is 1. The van der Waals surface area contributed by atoms with E-state index in [0.717, 1.165) is 5.56 Å². The zero-order valence-corrected chi connectivity index (χ0v) is 13.9. The van der Waals surface area contributed by atoms with Crippen molar-refractivity contribution in [2.24, 2.45) is 0 Å². The molecule has 1 aromatic rings. The number of morpholine rings is 1. The molecule has 1 atom stereocenters. The van der Waals surface area contributed by atoms with Crippen LogP contribution in [0.3, 0.4) is 0 Å². The molecule has 0 bridgehead atoms. The predicted molar refractivity (Wildman–Crippen MR) is 87.0 cm³/mol. The van der Waals surface area contributed by atoms with Crippen molar-refractivity contribution in [2.45, 2.75) is 18.9 Å². The van der Waals surface area contributed by atoms with Gasteiger partial charge in [0.05, 0.1) is 23.2 Å². The molecule has 23 heavy (non-hydrogen) atoms. The number of hydrogen-bond donors (Lipinski definition) is 2. The molecule has 8 heteroatoms. The lowest BCUT2D eigenvalue weighted by Crippen LogP contribution is -2.47. The smallest absolute Gasteiger partial charge is 0.317 e. The van der Waals surface area contributed by atoms with Crippen LogP contribution in [-0.4, -0.2) is 48.2 Å². The highest BCUT2D eigenvalue weighted by Crippen LogP contribution is 2.29. The lowest BCUT2D eigenvalue weighted by atomic mass is 10.1. The second-order valence-electron chi connectivity index (χ2n) is 5.21. The maximum atomic E-state index is 12.1. The standard InChI is InChI=1S/C15H18Cl2N2O4/c16-11-4-3-10(8-12(11)17)13-9-19(6-7-23-13)15(22)18-5-1-2-14(20)21/h3-4,8,13H,1-2,5-7,9H2,(H,18,22)(H,20,21). The van der Waals surface area contributed by atoms with E-state index in [1.807, 2.05) is 6.07 Å². The maximum absolute atomic E-state index is 12.1. The summed E-state index contributed by atoms with van der Waals surface area (Å²) in [4.78, 5) is 24.2. The quantitative estimate of drug-likeness (QED) is 0.791. The summed E-state index contributed by atoms with van der Waals surface area (Å²) in [6.07, 6.45) is 0.181. The molecule has 1 aromatic carbocycles. The van der Waals surface area contributed by atoms with Gasteiger partial charge in [0.15, 0.2) is 0 Å². The molecule has 0 aromatic heterocycles. The van der Waals surface area contributed by atoms with Crippen LogP contribution in [0, 0.1) is 0 Å². The Labute approximate surface area is 144 Å². The Morgan fingerprint density at radius 1 is 1.35 bits per heavy atom. The number of nitrogens with one attached hydrogen (secondary N) is 1. The monoisotopic (exact) mass is 360 g/mol. The maximum Gasteiger partial charge on any atom is 0.317 e. The molecule has 1 heterocycles. The van der Waals surface area contributed by atoms with Gasteiger partial charge >= 0.3 is 12.0 Å². The molecule has 1 fully saturated rings. The van der Waals surface area contributed by atoms with Crippen LogP contribution < -0.4 is 5.32 Å². The minimum Gasteiger partial charge on any atom is -0.481 e. The van der Waals surface area contributed by atoms with Crippen molar-refractivity contribution >= 4 is 35.2 Å². The van der Waals surface area contributed by atoms with Gasteiger partial charge in [-0.1, -0.05) is 29.3 Å². The Bertz CT molecular complexity index is 583. The van der Waals surface area contributed by atoms with Gasteiger partial charge in [0.2, 0.25) is 0 Å². The van der Waals surface area contributed by atoms with Crippen molar-refractivity contribution in [3.63, 3.8) is 0 Å². The minimum absolute atomic E-state index is 0.0370. The number of hydrogen-bond acceptors (Lipinski definition) is 3. The van der Waals surface area contributed by atoms with E-state index in [-0.39, 0.29) is 18.6 Å². The highest BCUT2D eigenvalue weighted by molar-refractivity contribution is 6.42. The van der Waals surface area contributed by atoms with Crippen LogP contribution in [0.5, 0.6) is 0 Å². The van der Waals surface area contributed by atoms with Gasteiger partial charge in [-0.2, -0.15) is 0 Å². The Hall–Kier alpha value is -1.50. The van der Waals surface area contributed by atoms with Crippen LogP contribution in [0.2, 0.25) is 10.0 Å². The van der Waals surface area contributed by atoms with E-state index in [1.165, 1.54) is 0 Å². The van der Waals surface area contributed by atoms with Crippen molar-refractivity contribution in [3.05, 3.63) is 33.8 Å². The molecule has 0 aliphatic carbocycles. The molecule has 0 saturated carbocycles. The van der Waals surface area contributed by atoms with Crippen molar-refractivity contribution in [3.8, 4) is 0 Å². The first-order valence-electron chi connectivity index (χ1n) is 7.28. The first-order chi connectivity index (χ1) is 11.0. The van der Waals surface area contributed by atoms with Crippen LogP contribution in [0.1, 0.15) is 24.5 Å². The summed E-state index contributed by atoms with van der Waals surface area (Å²) in [5.74, 6) is -0.870. The Balaban J connectivity index is 1.88. The normalized spacial score (nSPS) is 17.8. The summed E-state index contributed by atoms with van der Waals surface area (Å²) >= 11 is 11.9. The van der Waals surface area contributed by atoms with E-state index >= 15 is 0 Å². The number of carbonyl (C=O) groups is 2. The molecule has 0 radical (unpaired) electrons. The zero-order valence-electron chi connectivity index (χ0n) is 12.4. The average Bonchev–Trinajstić information content (AvgIpc) is 2.54. The van der Waals surface area contributed by atoms with Crippen LogP contribution in [0.25, 0.3) is 0 Å². The predicted octanol–water partition coefficient (Wildman–Crippen LogP) is 2.94. The number of aliphatic carboxylic acids is 1. The third kappa shape index (κ3) is 5.27. The van der Waals surface area contributed by atoms with Crippen molar-refractivity contribution in [1.29, 1.82) is 0 Å². The molecule has 2 amide bonds. The summed E-state index contributed by atoms with van der Waals surface area (Å²) in [5, 5.41) is 12.2. The third-order valence-electron chi connectivity index (χ3n) is 3.51. The second-order valence-corrected chi connectivity index (χ2v) is 6.02. The molecule has 2 rings (SSSR count). The number of carboxylic acids is 1. The number of halogens is 2. The lowest BCUT2D eigenvalue weighted by molar-refractivity contribution is -0.137. The average molecular weight is 361 g/mol. The van der Waals surface area contributed by atoms with E-state index in [9.17, 15) is 9.59 Å². The lowest BCUT2D eigenvalue weighted by Gasteiger charge is -2.33. The molecule has 1 saturated heterocycles. The minimum atomic E-state index is -0.870. The van der Waals surface area contributed by atoms with Crippen LogP contribution in [-0.2, 0) is 9.53 Å². The molecule has 2 N–H and O–H groups in total. The summed E-state index contributed by atoms with van der Waals surface area (Å²) in [6.45, 7) is 1.65. The summed E-state index contributed by atoms with van der Waals surface area (Å²) in [6, 6.07) is 5.05. The zero-order chi connectivity index (χ0) is 16.8. The van der Waals surface area contributed by atoms with Crippen LogP contribution in [0.15, 0.2) is 18.2 Å². The summed E-state index contributed by atoms with van der Waals surface area (Å²) < 4.78 is 5.70. The second kappa shape index (κ2) is 8.38. The van der Waals surface area contributed by atoms with Crippen LogP contribution >= 0.6 is 23.2 Å². The van der Waals surface area contributed by atoms with Crippen LogP contribution in [0.4, 0.5) is 4.79 Å². The van der Waals surface area contributed by atoms with Gasteiger partial charge in [0, 0.05) is 19.5 Å². The number of rotatable bonds is 5. The molecule has 1 aliphatic rings. The highest BCUT2D eigenvalue weighted by atomic mass is 35.5. The first kappa shape index (κ1) is 17.8. The van der Waals surface area contributed by atoms with E-state index in [0.29, 0.717) is 42.7 Å². The highest BCUT2D eigenvalue weighted by Gasteiger charge is 2.25. The number of nitrogens with zero attached hydrogens (tertiary/aromatic N) is 1. The molecular formula is C15H18Cl2N2O4. The molecule has 0 spiro atoms. The molecule has 1 unspecified atom stereocenters. The van der Waals surface area contributed by atoms with Gasteiger partial charge in [0.25, 0.3) is 0 Å². The molecule has 6 nitrogen and oxygen atoms in total. The largest absolute Gasteiger partial charge is 0.481 e. The molecule has 126 valence electrons. The fourth-order valence-electron chi connectivity index (χ4n) is 2.29. The number of carbonyl (C=O) groups excluding carboxylic acids is 1. The van der Waals surface area contributed by atoms with E-state index in [2.05, 4.69) is 5.32 Å². The SMILES string of the molecule is O=C(O)CCCNC(=O)N1CCOC(c2ccc(Cl)c(Cl)c2)C1. The number of urea groups is 1. The summed E-state index contributed by atoms with van der Waals surface area (Å²) in [7, 11) is 0. The first-order valence-corrected chi connectivity index (χ1v) is 8.04. The van der Waals surface area contributed by atoms with Crippen molar-refractivity contribution in [1.82, 2.24) is 10.2 Å². The summed E-state index contributed by atoms with van der Waals surface area (Å²) in [5.41, 5.74) is 0.864. The molecular weight excluding hydrogens is 343 g/mol. The van der Waals surface area contributed by atoms with E-state index in [4.69, 9.17) is 33.0 Å². The van der Waals surface area contributed by atoms with Gasteiger partial charge < -0.3 is 20.1 Å². The Morgan fingerprint density at radius 3 is 2.83 bits per heavy atom. The number of amides is 2. The Morgan fingerprint density at radius 2 is 2.13 bits per heavy atom. The topological polar surface area (TPSA) is 78.9 Å². The fraction of sp³-hybridized carbons (Fsp3) is 0.467. The fourth-order valence-corrected chi connectivity index (χ4v) is 2.60. The number of ether oxygens (including phenoxy) is 1. The third-order valence-corrected chi connectivity index (χ3v) is 4.25.